The van der Waals surface area contributed by atoms with Crippen molar-refractivity contribution in [1.29, 1.82) is 0 Å². The van der Waals surface area contributed by atoms with E-state index in [1.807, 2.05) is 7.85 Å². The fourth-order valence-corrected chi connectivity index (χ4v) is 0.937. The number of rotatable bonds is 7. The molecule has 0 spiro atoms. The Balaban J connectivity index is 3.61. The quantitative estimate of drug-likeness (QED) is 0.369. The smallest absolute Gasteiger partial charge is 0.106 e. The van der Waals surface area contributed by atoms with Crippen LogP contribution in [0.3, 0.4) is 0 Å². The molecule has 0 heterocycles. The van der Waals surface area contributed by atoms with Gasteiger partial charge in [0.15, 0.2) is 0 Å². The van der Waals surface area contributed by atoms with Crippen molar-refractivity contribution in [3.05, 3.63) is 0 Å². The molecule has 0 saturated carbocycles. The van der Waals surface area contributed by atoms with Gasteiger partial charge in [0.2, 0.25) is 0 Å². The highest BCUT2D eigenvalue weighted by Gasteiger charge is 2.10. The maximum atomic E-state index is 9.26. The zero-order chi connectivity index (χ0) is 9.40. The molecular formula is C7H18BNO3. The van der Waals surface area contributed by atoms with Crippen LogP contribution in [0.25, 0.3) is 0 Å². The summed E-state index contributed by atoms with van der Waals surface area (Å²) in [4.78, 5) is 0. The molecule has 0 aromatic heterocycles. The molecule has 0 saturated heterocycles. The molecular weight excluding hydrogens is 157 g/mol. The van der Waals surface area contributed by atoms with Crippen LogP contribution in [-0.4, -0.2) is 52.7 Å². The van der Waals surface area contributed by atoms with Gasteiger partial charge in [-0.15, -0.1) is 0 Å². The second-order valence-corrected chi connectivity index (χ2v) is 2.70. The zero-order valence-corrected chi connectivity index (χ0v) is 8.04. The van der Waals surface area contributed by atoms with Gasteiger partial charge in [0, 0.05) is 14.2 Å². The van der Waals surface area contributed by atoms with Gasteiger partial charge in [0.25, 0.3) is 0 Å². The van der Waals surface area contributed by atoms with Gasteiger partial charge in [-0.3, -0.25) is 5.32 Å². The summed E-state index contributed by atoms with van der Waals surface area (Å²) >= 11 is 0. The maximum absolute atomic E-state index is 9.26. The largest absolute Gasteiger partial charge is 0.383 e. The van der Waals surface area contributed by atoms with Crippen molar-refractivity contribution in [2.45, 2.75) is 18.6 Å². The summed E-state index contributed by atoms with van der Waals surface area (Å²) in [5, 5.41) is 12.2. The van der Waals surface area contributed by atoms with E-state index in [1.165, 1.54) is 0 Å². The zero-order valence-electron chi connectivity index (χ0n) is 8.04. The molecule has 0 amide bonds. The average Bonchev–Trinajstić information content (AvgIpc) is 2.05. The standard InChI is InChI=1S/C7H18BNO3/c1-11-4-6(5-12-2)9-7(10)3-8/h6-7,9-10H,3-5,8H2,1-2H3. The summed E-state index contributed by atoms with van der Waals surface area (Å²) < 4.78 is 9.90. The Morgan fingerprint density at radius 3 is 2.17 bits per heavy atom. The summed E-state index contributed by atoms with van der Waals surface area (Å²) in [7, 11) is 5.17. The van der Waals surface area contributed by atoms with Gasteiger partial charge in [-0.25, -0.2) is 0 Å². The Bertz CT molecular complexity index is 98.7. The predicted octanol–water partition coefficient (Wildman–Crippen LogP) is -1.39. The second-order valence-electron chi connectivity index (χ2n) is 2.70. The number of nitrogens with one attached hydrogen (secondary N) is 1. The van der Waals surface area contributed by atoms with Crippen LogP contribution in [-0.2, 0) is 9.47 Å². The minimum atomic E-state index is -0.472. The molecule has 5 heteroatoms. The molecule has 0 aliphatic carbocycles. The first-order valence-corrected chi connectivity index (χ1v) is 4.16. The molecule has 1 atom stereocenters. The number of hydrogen-bond donors (Lipinski definition) is 2. The van der Waals surface area contributed by atoms with Crippen LogP contribution in [0.5, 0.6) is 0 Å². The third-order valence-corrected chi connectivity index (χ3v) is 1.55. The second kappa shape index (κ2) is 7.55. The molecule has 0 radical (unpaired) electrons. The number of aliphatic hydroxyl groups excluding tert-OH is 1. The highest BCUT2D eigenvalue weighted by Crippen LogP contribution is 1.90. The summed E-state index contributed by atoms with van der Waals surface area (Å²) in [5.74, 6) is 0. The molecule has 72 valence electrons. The van der Waals surface area contributed by atoms with Crippen molar-refractivity contribution in [1.82, 2.24) is 5.32 Å². The van der Waals surface area contributed by atoms with E-state index in [1.54, 1.807) is 14.2 Å². The van der Waals surface area contributed by atoms with Crippen LogP contribution >= 0.6 is 0 Å². The first-order chi connectivity index (χ1) is 5.74. The summed E-state index contributed by atoms with van der Waals surface area (Å²) in [6.07, 6.45) is 0.213. The molecule has 12 heavy (non-hydrogen) atoms. The lowest BCUT2D eigenvalue weighted by Crippen LogP contribution is -2.43. The van der Waals surface area contributed by atoms with E-state index in [2.05, 4.69) is 5.32 Å². The van der Waals surface area contributed by atoms with E-state index >= 15 is 0 Å². The first-order valence-electron chi connectivity index (χ1n) is 4.16. The molecule has 0 rings (SSSR count). The summed E-state index contributed by atoms with van der Waals surface area (Å²) in [6, 6.07) is 0.0648. The van der Waals surface area contributed by atoms with Gasteiger partial charge in [-0.05, 0) is 6.32 Å². The van der Waals surface area contributed by atoms with Crippen molar-refractivity contribution in [3.8, 4) is 0 Å². The number of ether oxygens (including phenoxy) is 2. The molecule has 2 N–H and O–H groups in total. The lowest BCUT2D eigenvalue weighted by Gasteiger charge is -2.20. The molecule has 0 aliphatic rings. The third kappa shape index (κ3) is 5.54. The van der Waals surface area contributed by atoms with Crippen molar-refractivity contribution in [2.75, 3.05) is 27.4 Å². The van der Waals surface area contributed by atoms with Gasteiger partial charge in [-0.2, -0.15) is 0 Å². The van der Waals surface area contributed by atoms with Crippen LogP contribution in [0, 0.1) is 0 Å². The van der Waals surface area contributed by atoms with Crippen LogP contribution in [0.1, 0.15) is 0 Å². The number of aliphatic hydroxyl groups is 1. The van der Waals surface area contributed by atoms with Crippen molar-refractivity contribution in [2.24, 2.45) is 0 Å². The Morgan fingerprint density at radius 2 is 1.83 bits per heavy atom. The number of hydrogen-bond acceptors (Lipinski definition) is 4. The Labute approximate surface area is 74.7 Å². The highest BCUT2D eigenvalue weighted by atomic mass is 16.5. The summed E-state index contributed by atoms with van der Waals surface area (Å²) in [6.45, 7) is 1.09. The molecule has 0 aromatic rings. The van der Waals surface area contributed by atoms with Crippen LogP contribution < -0.4 is 5.32 Å². The molecule has 4 nitrogen and oxygen atoms in total. The van der Waals surface area contributed by atoms with Crippen molar-refractivity contribution < 1.29 is 14.6 Å². The van der Waals surface area contributed by atoms with E-state index < -0.39 is 6.23 Å². The minimum Gasteiger partial charge on any atom is -0.383 e. The van der Waals surface area contributed by atoms with E-state index in [0.717, 1.165) is 0 Å². The van der Waals surface area contributed by atoms with Crippen molar-refractivity contribution >= 4 is 7.85 Å². The Hall–Kier alpha value is -0.0951. The molecule has 0 bridgehead atoms. The lowest BCUT2D eigenvalue weighted by molar-refractivity contribution is 0.0621. The number of methoxy groups -OCH3 is 2. The Morgan fingerprint density at radius 1 is 1.33 bits per heavy atom. The highest BCUT2D eigenvalue weighted by molar-refractivity contribution is 6.08. The van der Waals surface area contributed by atoms with E-state index in [-0.39, 0.29) is 6.04 Å². The maximum Gasteiger partial charge on any atom is 0.106 e. The molecule has 1 unspecified atom stereocenters. The topological polar surface area (TPSA) is 50.7 Å². The monoisotopic (exact) mass is 175 g/mol. The minimum absolute atomic E-state index is 0.0648. The molecule has 0 aliphatic heterocycles. The fraction of sp³-hybridized carbons (Fsp3) is 1.00. The van der Waals surface area contributed by atoms with Gasteiger partial charge < -0.3 is 14.6 Å². The summed E-state index contributed by atoms with van der Waals surface area (Å²) in [5.41, 5.74) is 0. The van der Waals surface area contributed by atoms with Crippen LogP contribution in [0.4, 0.5) is 0 Å². The van der Waals surface area contributed by atoms with E-state index in [4.69, 9.17) is 9.47 Å². The average molecular weight is 175 g/mol. The Kier molecular flexibility index (Phi) is 7.49. The van der Waals surface area contributed by atoms with Gasteiger partial charge in [0.1, 0.15) is 7.85 Å². The van der Waals surface area contributed by atoms with Crippen LogP contribution in [0.15, 0.2) is 0 Å². The van der Waals surface area contributed by atoms with Crippen LogP contribution in [0.2, 0.25) is 6.32 Å². The van der Waals surface area contributed by atoms with Gasteiger partial charge >= 0.3 is 0 Å². The third-order valence-electron chi connectivity index (χ3n) is 1.55. The molecule has 0 aromatic carbocycles. The normalized spacial score (nSPS) is 13.7. The fourth-order valence-electron chi connectivity index (χ4n) is 0.937. The van der Waals surface area contributed by atoms with Gasteiger partial charge in [-0.1, -0.05) is 0 Å². The SMILES string of the molecule is BCC(O)NC(COC)COC. The lowest BCUT2D eigenvalue weighted by atomic mass is 10.0. The van der Waals surface area contributed by atoms with Gasteiger partial charge in [0.05, 0.1) is 25.5 Å². The van der Waals surface area contributed by atoms with E-state index in [0.29, 0.717) is 19.5 Å². The van der Waals surface area contributed by atoms with Crippen molar-refractivity contribution in [3.63, 3.8) is 0 Å². The first kappa shape index (κ1) is 11.9. The van der Waals surface area contributed by atoms with E-state index in [9.17, 15) is 5.11 Å². The predicted molar refractivity (Wildman–Crippen MR) is 50.0 cm³/mol. The molecule has 0 fully saturated rings.